The van der Waals surface area contributed by atoms with E-state index < -0.39 is 0 Å². The van der Waals surface area contributed by atoms with Gasteiger partial charge in [0.2, 0.25) is 4.77 Å². The first-order valence-corrected chi connectivity index (χ1v) is 9.34. The van der Waals surface area contributed by atoms with Crippen LogP contribution in [0.5, 0.6) is 0 Å². The quantitative estimate of drug-likeness (QED) is 0.631. The van der Waals surface area contributed by atoms with E-state index in [0.717, 1.165) is 49.1 Å². The molecule has 0 spiro atoms. The number of hydrogen-bond acceptors (Lipinski definition) is 5. The highest BCUT2D eigenvalue weighted by molar-refractivity contribution is 8.00. The van der Waals surface area contributed by atoms with Gasteiger partial charge in [-0.15, -0.1) is 11.8 Å². The van der Waals surface area contributed by atoms with Crippen LogP contribution in [0.3, 0.4) is 0 Å². The van der Waals surface area contributed by atoms with Crippen molar-refractivity contribution in [2.45, 2.75) is 44.1 Å². The van der Waals surface area contributed by atoms with Crippen LogP contribution >= 0.6 is 24.0 Å². The predicted molar refractivity (Wildman–Crippen MR) is 87.6 cm³/mol. The van der Waals surface area contributed by atoms with E-state index in [1.807, 2.05) is 4.68 Å². The van der Waals surface area contributed by atoms with E-state index in [9.17, 15) is 4.79 Å². The predicted octanol–water partition coefficient (Wildman–Crippen LogP) is 0.271. The molecule has 1 N–H and O–H groups in total. The van der Waals surface area contributed by atoms with E-state index in [-0.39, 0.29) is 11.2 Å². The van der Waals surface area contributed by atoms with Crippen LogP contribution < -0.4 is 4.90 Å². The molecule has 2 aliphatic rings. The lowest BCUT2D eigenvalue weighted by Gasteiger charge is -2.27. The summed E-state index contributed by atoms with van der Waals surface area (Å²) in [6.07, 6.45) is 4.66. The number of aromatic nitrogens is 3. The number of rotatable bonds is 3. The second-order valence-electron chi connectivity index (χ2n) is 5.91. The number of fused-ring (bicyclic) bond motifs is 1. The summed E-state index contributed by atoms with van der Waals surface area (Å²) < 4.78 is 9.85. The van der Waals surface area contributed by atoms with E-state index in [1.54, 1.807) is 11.8 Å². The van der Waals surface area contributed by atoms with Crippen LogP contribution in [-0.2, 0) is 29.2 Å². The number of quaternary nitrogens is 1. The molecule has 0 aromatic carbocycles. The summed E-state index contributed by atoms with van der Waals surface area (Å²) in [5.74, 6) is 1.97. The Balaban J connectivity index is 1.71. The third kappa shape index (κ3) is 3.38. The molecular weight excluding hydrogens is 320 g/mol. The fraction of sp³-hybridized carbons (Fsp3) is 0.786. The van der Waals surface area contributed by atoms with Crippen molar-refractivity contribution in [3.63, 3.8) is 0 Å². The molecule has 122 valence electrons. The van der Waals surface area contributed by atoms with Crippen molar-refractivity contribution >= 4 is 29.9 Å². The van der Waals surface area contributed by atoms with Crippen LogP contribution in [0.4, 0.5) is 0 Å². The molecule has 8 heteroatoms. The zero-order valence-corrected chi connectivity index (χ0v) is 14.5. The Morgan fingerprint density at radius 2 is 2.36 bits per heavy atom. The number of esters is 1. The Kier molecular flexibility index (Phi) is 5.20. The SMILES string of the molecule is COC(=O)[C@@H]1C[NH+](Cn2nc3n(c2=S)CCCCC3)CCS1. The highest BCUT2D eigenvalue weighted by Gasteiger charge is 2.30. The number of carbonyl (C=O) groups is 1. The van der Waals surface area contributed by atoms with Gasteiger partial charge in [0.25, 0.3) is 0 Å². The van der Waals surface area contributed by atoms with Crippen LogP contribution in [0.1, 0.15) is 25.1 Å². The van der Waals surface area contributed by atoms with Gasteiger partial charge < -0.3 is 14.2 Å². The smallest absolute Gasteiger partial charge is 0.324 e. The van der Waals surface area contributed by atoms with Gasteiger partial charge in [-0.3, -0.25) is 4.79 Å². The number of nitrogens with one attached hydrogen (secondary N) is 1. The monoisotopic (exact) mass is 343 g/mol. The summed E-state index contributed by atoms with van der Waals surface area (Å²) in [6.45, 7) is 3.54. The Hall–Kier alpha value is -0.860. The molecule has 0 aliphatic carbocycles. The van der Waals surface area contributed by atoms with Gasteiger partial charge in [-0.25, -0.2) is 0 Å². The molecule has 3 rings (SSSR count). The van der Waals surface area contributed by atoms with Crippen LogP contribution in [0.25, 0.3) is 0 Å². The Labute approximate surface area is 139 Å². The zero-order chi connectivity index (χ0) is 15.5. The molecule has 1 aromatic heterocycles. The fourth-order valence-corrected chi connectivity index (χ4v) is 4.71. The average Bonchev–Trinajstić information content (AvgIpc) is 2.71. The van der Waals surface area contributed by atoms with E-state index in [2.05, 4.69) is 4.57 Å². The van der Waals surface area contributed by atoms with Crippen molar-refractivity contribution in [3.8, 4) is 0 Å². The van der Waals surface area contributed by atoms with Crippen LogP contribution in [-0.4, -0.2) is 51.5 Å². The maximum Gasteiger partial charge on any atom is 0.324 e. The van der Waals surface area contributed by atoms with Crippen molar-refractivity contribution in [2.75, 3.05) is 26.0 Å². The van der Waals surface area contributed by atoms with Gasteiger partial charge in [0.15, 0.2) is 11.9 Å². The van der Waals surface area contributed by atoms with Crippen molar-refractivity contribution in [3.05, 3.63) is 10.6 Å². The summed E-state index contributed by atoms with van der Waals surface area (Å²) in [4.78, 5) is 13.1. The van der Waals surface area contributed by atoms with Gasteiger partial charge >= 0.3 is 5.97 Å². The standard InChI is InChI=1S/C14H22N4O2S2/c1-20-13(19)11-9-16(7-8-22-11)10-18-14(21)17-6-4-2-3-5-12(17)15-18/h11H,2-10H2,1H3/p+1/t11-/m0/s1. The Morgan fingerprint density at radius 1 is 1.50 bits per heavy atom. The lowest BCUT2D eigenvalue weighted by atomic mass is 10.2. The average molecular weight is 343 g/mol. The van der Waals surface area contributed by atoms with Gasteiger partial charge in [-0.2, -0.15) is 9.78 Å². The van der Waals surface area contributed by atoms with E-state index in [0.29, 0.717) is 0 Å². The first-order chi connectivity index (χ1) is 10.7. The van der Waals surface area contributed by atoms with Crippen molar-refractivity contribution in [1.82, 2.24) is 14.3 Å². The minimum Gasteiger partial charge on any atom is -0.468 e. The fourth-order valence-electron chi connectivity index (χ4n) is 3.14. The molecule has 3 heterocycles. The molecule has 1 aromatic rings. The molecular formula is C14H23N4O2S2+. The normalized spacial score (nSPS) is 25.3. The molecule has 1 fully saturated rings. The largest absolute Gasteiger partial charge is 0.468 e. The van der Waals surface area contributed by atoms with Crippen molar-refractivity contribution < 1.29 is 14.4 Å². The first-order valence-electron chi connectivity index (χ1n) is 7.88. The topological polar surface area (TPSA) is 53.5 Å². The first kappa shape index (κ1) is 16.0. The molecule has 22 heavy (non-hydrogen) atoms. The maximum atomic E-state index is 11.7. The number of methoxy groups -OCH3 is 1. The lowest BCUT2D eigenvalue weighted by molar-refractivity contribution is -0.921. The Morgan fingerprint density at radius 3 is 3.18 bits per heavy atom. The summed E-state index contributed by atoms with van der Waals surface area (Å²) in [6, 6.07) is 0. The van der Waals surface area contributed by atoms with Gasteiger partial charge in [0.1, 0.15) is 12.4 Å². The minimum atomic E-state index is -0.119. The number of nitrogens with zero attached hydrogens (tertiary/aromatic N) is 3. The minimum absolute atomic E-state index is 0.0663. The molecule has 0 amide bonds. The summed E-state index contributed by atoms with van der Waals surface area (Å²) >= 11 is 7.29. The molecule has 2 atom stereocenters. The molecule has 2 aliphatic heterocycles. The number of aryl methyl sites for hydroxylation is 1. The third-order valence-electron chi connectivity index (χ3n) is 4.37. The highest BCUT2D eigenvalue weighted by Crippen LogP contribution is 2.14. The molecule has 1 saturated heterocycles. The number of carbonyl (C=O) groups excluding carboxylic acids is 1. The van der Waals surface area contributed by atoms with Gasteiger partial charge in [0, 0.05) is 18.7 Å². The molecule has 0 bridgehead atoms. The molecule has 0 radical (unpaired) electrons. The Bertz CT molecular complexity index is 598. The summed E-state index contributed by atoms with van der Waals surface area (Å²) in [7, 11) is 1.46. The number of ether oxygens (including phenoxy) is 1. The highest BCUT2D eigenvalue weighted by atomic mass is 32.2. The van der Waals surface area contributed by atoms with Crippen LogP contribution in [0, 0.1) is 4.77 Å². The van der Waals surface area contributed by atoms with E-state index in [4.69, 9.17) is 22.1 Å². The van der Waals surface area contributed by atoms with Crippen molar-refractivity contribution in [2.24, 2.45) is 0 Å². The van der Waals surface area contributed by atoms with E-state index >= 15 is 0 Å². The second-order valence-corrected chi connectivity index (χ2v) is 7.58. The molecule has 6 nitrogen and oxygen atoms in total. The van der Waals surface area contributed by atoms with Gasteiger partial charge in [0.05, 0.1) is 13.7 Å². The maximum absolute atomic E-state index is 11.7. The zero-order valence-electron chi connectivity index (χ0n) is 12.9. The number of hydrogen-bond donors (Lipinski definition) is 1. The number of thioether (sulfide) groups is 1. The molecule has 0 saturated carbocycles. The lowest BCUT2D eigenvalue weighted by Crippen LogP contribution is -3.14. The van der Waals surface area contributed by atoms with Gasteiger partial charge in [-0.05, 0) is 25.1 Å². The van der Waals surface area contributed by atoms with Crippen LogP contribution in [0.2, 0.25) is 0 Å². The second kappa shape index (κ2) is 7.14. The summed E-state index contributed by atoms with van der Waals surface area (Å²) in [5.41, 5.74) is 0. The molecule has 1 unspecified atom stereocenters. The van der Waals surface area contributed by atoms with Gasteiger partial charge in [-0.1, -0.05) is 6.42 Å². The van der Waals surface area contributed by atoms with Crippen LogP contribution in [0.15, 0.2) is 0 Å². The van der Waals surface area contributed by atoms with E-state index in [1.165, 1.54) is 31.3 Å². The third-order valence-corrected chi connectivity index (χ3v) is 6.00. The summed E-state index contributed by atoms with van der Waals surface area (Å²) in [5, 5.41) is 4.66. The van der Waals surface area contributed by atoms with Crippen molar-refractivity contribution in [1.29, 1.82) is 0 Å².